The molecule has 8 nitrogen and oxygen atoms in total. The van der Waals surface area contributed by atoms with Gasteiger partial charge in [0.2, 0.25) is 5.95 Å². The monoisotopic (exact) mass is 400 g/mol. The molecule has 30 heavy (non-hydrogen) atoms. The third-order valence-corrected chi connectivity index (χ3v) is 4.63. The average Bonchev–Trinajstić information content (AvgIpc) is 3.23. The van der Waals surface area contributed by atoms with Crippen LogP contribution in [0.4, 0.5) is 5.95 Å². The summed E-state index contributed by atoms with van der Waals surface area (Å²) < 4.78 is 6.88. The quantitative estimate of drug-likeness (QED) is 0.518. The van der Waals surface area contributed by atoms with Crippen molar-refractivity contribution in [1.82, 2.24) is 24.5 Å². The van der Waals surface area contributed by atoms with Crippen LogP contribution in [-0.4, -0.2) is 57.6 Å². The van der Waals surface area contributed by atoms with Crippen molar-refractivity contribution >= 4 is 28.4 Å². The lowest BCUT2D eigenvalue weighted by Gasteiger charge is -2.18. The van der Waals surface area contributed by atoms with Gasteiger partial charge in [-0.25, -0.2) is 9.97 Å². The van der Waals surface area contributed by atoms with Crippen LogP contribution in [0.25, 0.3) is 27.9 Å². The Morgan fingerprint density at radius 1 is 1.20 bits per heavy atom. The summed E-state index contributed by atoms with van der Waals surface area (Å²) in [5, 5.41) is 8.50. The Hall–Kier alpha value is -4.12. The SMILES string of the molecule is C#C[C@@H](Nc1nc2ccccc2c2nc(-c3cccc(OC)c3)nn12)C(=O)N(C)C. The minimum absolute atomic E-state index is 0.256. The number of likely N-dealkylation sites (N-methyl/N-ethyl adjacent to an activating group) is 1. The smallest absolute Gasteiger partial charge is 0.257 e. The van der Waals surface area contributed by atoms with Crippen molar-refractivity contribution in [3.05, 3.63) is 48.5 Å². The summed E-state index contributed by atoms with van der Waals surface area (Å²) in [6, 6.07) is 14.2. The van der Waals surface area contributed by atoms with E-state index in [4.69, 9.17) is 16.1 Å². The highest BCUT2D eigenvalue weighted by Gasteiger charge is 2.21. The van der Waals surface area contributed by atoms with E-state index in [0.29, 0.717) is 28.7 Å². The summed E-state index contributed by atoms with van der Waals surface area (Å²) in [5.41, 5.74) is 2.12. The van der Waals surface area contributed by atoms with Crippen LogP contribution in [0.1, 0.15) is 0 Å². The summed E-state index contributed by atoms with van der Waals surface area (Å²) in [4.78, 5) is 23.2. The van der Waals surface area contributed by atoms with Crippen LogP contribution >= 0.6 is 0 Å². The molecule has 1 N–H and O–H groups in total. The predicted molar refractivity (Wildman–Crippen MR) is 115 cm³/mol. The Labute approximate surface area is 173 Å². The molecule has 8 heteroatoms. The lowest BCUT2D eigenvalue weighted by Crippen LogP contribution is -2.38. The first-order valence-corrected chi connectivity index (χ1v) is 9.25. The van der Waals surface area contributed by atoms with Crippen molar-refractivity contribution < 1.29 is 9.53 Å². The number of para-hydroxylation sites is 1. The zero-order chi connectivity index (χ0) is 21.3. The largest absolute Gasteiger partial charge is 0.497 e. The second kappa shape index (κ2) is 7.72. The number of terminal acetylenes is 1. The zero-order valence-corrected chi connectivity index (χ0v) is 16.8. The molecule has 0 aliphatic carbocycles. The van der Waals surface area contributed by atoms with Crippen LogP contribution in [-0.2, 0) is 4.79 Å². The Morgan fingerprint density at radius 2 is 2.00 bits per heavy atom. The van der Waals surface area contributed by atoms with E-state index in [0.717, 1.165) is 10.9 Å². The van der Waals surface area contributed by atoms with Gasteiger partial charge in [-0.05, 0) is 24.3 Å². The van der Waals surface area contributed by atoms with Gasteiger partial charge in [0.05, 0.1) is 12.6 Å². The molecule has 0 unspecified atom stereocenters. The van der Waals surface area contributed by atoms with Crippen LogP contribution < -0.4 is 10.1 Å². The molecule has 0 spiro atoms. The number of hydrogen-bond acceptors (Lipinski definition) is 6. The molecule has 4 aromatic rings. The number of ether oxygens (including phenoxy) is 1. The maximum atomic E-state index is 12.4. The Kier molecular flexibility index (Phi) is 4.94. The molecule has 0 aliphatic heterocycles. The molecule has 150 valence electrons. The molecule has 0 saturated carbocycles. The van der Waals surface area contributed by atoms with Gasteiger partial charge >= 0.3 is 0 Å². The van der Waals surface area contributed by atoms with E-state index >= 15 is 0 Å². The van der Waals surface area contributed by atoms with Crippen LogP contribution in [0.15, 0.2) is 48.5 Å². The number of hydrogen-bond donors (Lipinski definition) is 1. The van der Waals surface area contributed by atoms with Crippen molar-refractivity contribution in [1.29, 1.82) is 0 Å². The molecule has 0 aliphatic rings. The van der Waals surface area contributed by atoms with Crippen molar-refractivity contribution in [2.45, 2.75) is 6.04 Å². The van der Waals surface area contributed by atoms with Crippen molar-refractivity contribution in [3.63, 3.8) is 0 Å². The Bertz CT molecular complexity index is 1290. The minimum Gasteiger partial charge on any atom is -0.497 e. The van der Waals surface area contributed by atoms with Gasteiger partial charge in [0.1, 0.15) is 5.75 Å². The van der Waals surface area contributed by atoms with Gasteiger partial charge in [0.25, 0.3) is 5.91 Å². The molecule has 0 fully saturated rings. The Balaban J connectivity index is 1.90. The molecular weight excluding hydrogens is 380 g/mol. The number of methoxy groups -OCH3 is 1. The molecule has 0 saturated heterocycles. The highest BCUT2D eigenvalue weighted by Crippen LogP contribution is 2.26. The van der Waals surface area contributed by atoms with Crippen molar-refractivity contribution in [3.8, 4) is 29.5 Å². The van der Waals surface area contributed by atoms with Gasteiger partial charge in [-0.15, -0.1) is 11.5 Å². The van der Waals surface area contributed by atoms with Gasteiger partial charge in [-0.2, -0.15) is 4.52 Å². The number of carbonyl (C=O) groups is 1. The van der Waals surface area contributed by atoms with Gasteiger partial charge in [0.15, 0.2) is 17.5 Å². The number of nitrogens with zero attached hydrogens (tertiary/aromatic N) is 5. The molecule has 1 amide bonds. The fourth-order valence-electron chi connectivity index (χ4n) is 3.10. The first kappa shape index (κ1) is 19.2. The van der Waals surface area contributed by atoms with E-state index in [9.17, 15) is 4.79 Å². The molecule has 0 bridgehead atoms. The number of anilines is 1. The molecule has 2 aromatic heterocycles. The molecule has 1 atom stereocenters. The second-order valence-corrected chi connectivity index (χ2v) is 6.83. The van der Waals surface area contributed by atoms with E-state index in [2.05, 4.69) is 21.3 Å². The summed E-state index contributed by atoms with van der Waals surface area (Å²) in [6.07, 6.45) is 5.60. The number of nitrogens with one attached hydrogen (secondary N) is 1. The molecule has 4 rings (SSSR count). The number of amides is 1. The van der Waals surface area contributed by atoms with Gasteiger partial charge in [-0.3, -0.25) is 4.79 Å². The first-order valence-electron chi connectivity index (χ1n) is 9.25. The van der Waals surface area contributed by atoms with Gasteiger partial charge < -0.3 is 15.0 Å². The summed E-state index contributed by atoms with van der Waals surface area (Å²) >= 11 is 0. The van der Waals surface area contributed by atoms with Crippen LogP contribution in [0.2, 0.25) is 0 Å². The van der Waals surface area contributed by atoms with Gasteiger partial charge in [0, 0.05) is 25.0 Å². The minimum atomic E-state index is -0.888. The first-order chi connectivity index (χ1) is 14.5. The zero-order valence-electron chi connectivity index (χ0n) is 16.8. The van der Waals surface area contributed by atoms with Crippen molar-refractivity contribution in [2.75, 3.05) is 26.5 Å². The maximum Gasteiger partial charge on any atom is 0.257 e. The normalized spacial score (nSPS) is 11.8. The maximum absolute atomic E-state index is 12.4. The van der Waals surface area contributed by atoms with Crippen LogP contribution in [0, 0.1) is 12.3 Å². The van der Waals surface area contributed by atoms with E-state index < -0.39 is 6.04 Å². The molecule has 0 radical (unpaired) electrons. The summed E-state index contributed by atoms with van der Waals surface area (Å²) in [7, 11) is 4.90. The molecule has 2 aromatic carbocycles. The summed E-state index contributed by atoms with van der Waals surface area (Å²) in [6.45, 7) is 0. The van der Waals surface area contributed by atoms with E-state index in [1.54, 1.807) is 25.7 Å². The molecular formula is C22H20N6O2. The number of aromatic nitrogens is 4. The predicted octanol–water partition coefficient (Wildman–Crippen LogP) is 2.45. The Morgan fingerprint density at radius 3 is 2.73 bits per heavy atom. The van der Waals surface area contributed by atoms with Crippen LogP contribution in [0.3, 0.4) is 0 Å². The van der Waals surface area contributed by atoms with E-state index in [1.807, 2.05) is 48.5 Å². The second-order valence-electron chi connectivity index (χ2n) is 6.83. The van der Waals surface area contributed by atoms with Crippen molar-refractivity contribution in [2.24, 2.45) is 0 Å². The molecule has 2 heterocycles. The van der Waals surface area contributed by atoms with E-state index in [1.165, 1.54) is 4.90 Å². The third kappa shape index (κ3) is 3.37. The fraction of sp³-hybridized carbons (Fsp3) is 0.182. The average molecular weight is 400 g/mol. The highest BCUT2D eigenvalue weighted by atomic mass is 16.5. The topological polar surface area (TPSA) is 84.6 Å². The summed E-state index contributed by atoms with van der Waals surface area (Å²) in [5.74, 6) is 3.77. The number of benzene rings is 2. The lowest BCUT2D eigenvalue weighted by atomic mass is 10.2. The van der Waals surface area contributed by atoms with E-state index in [-0.39, 0.29) is 5.91 Å². The lowest BCUT2D eigenvalue weighted by molar-refractivity contribution is -0.128. The standard InChI is InChI=1S/C22H20N6O2/c1-5-17(21(29)27(2)3)23-22-24-18-12-7-6-11-16(18)20-25-19(26-28(20)22)14-9-8-10-15(13-14)30-4/h1,6-13,17H,2-4H3,(H,23,24)/t17-/m1/s1. The highest BCUT2D eigenvalue weighted by molar-refractivity contribution is 5.93. The number of carbonyl (C=O) groups excluding carboxylic acids is 1. The number of fused-ring (bicyclic) bond motifs is 3. The van der Waals surface area contributed by atoms with Gasteiger partial charge in [-0.1, -0.05) is 30.2 Å². The number of rotatable bonds is 5. The van der Waals surface area contributed by atoms with Crippen LogP contribution in [0.5, 0.6) is 5.75 Å². The fourth-order valence-corrected chi connectivity index (χ4v) is 3.10. The third-order valence-electron chi connectivity index (χ3n) is 4.63.